The zero-order chi connectivity index (χ0) is 12.3. The second-order valence-corrected chi connectivity index (χ2v) is 5.23. The molecule has 17 heavy (non-hydrogen) atoms. The van der Waals surface area contributed by atoms with E-state index in [1.165, 1.54) is 25.9 Å². The van der Waals surface area contributed by atoms with E-state index in [-0.39, 0.29) is 11.6 Å². The molecule has 0 aromatic rings. The molecule has 0 aliphatic carbocycles. The van der Waals surface area contributed by atoms with Gasteiger partial charge in [0.15, 0.2) is 0 Å². The van der Waals surface area contributed by atoms with Gasteiger partial charge in [0.05, 0.1) is 12.6 Å². The number of ether oxygens (including phenoxy) is 1. The highest BCUT2D eigenvalue weighted by molar-refractivity contribution is 5.16. The van der Waals surface area contributed by atoms with Crippen molar-refractivity contribution in [2.45, 2.75) is 57.5 Å². The van der Waals surface area contributed by atoms with Gasteiger partial charge in [-0.05, 0) is 44.8 Å². The predicted molar refractivity (Wildman–Crippen MR) is 70.7 cm³/mol. The molecule has 2 rings (SSSR count). The summed E-state index contributed by atoms with van der Waals surface area (Å²) in [5.74, 6) is 1.03. The summed E-state index contributed by atoms with van der Waals surface area (Å²) in [6.45, 7) is 7.73. The third-order valence-corrected chi connectivity index (χ3v) is 4.58. The maximum atomic E-state index is 6.52. The highest BCUT2D eigenvalue weighted by atomic mass is 16.5. The van der Waals surface area contributed by atoms with Crippen LogP contribution in [0.15, 0.2) is 11.8 Å². The molecular weight excluding hydrogens is 212 g/mol. The van der Waals surface area contributed by atoms with Crippen LogP contribution in [-0.4, -0.2) is 36.2 Å². The number of nitrogens with zero attached hydrogens (tertiary/aromatic N) is 1. The van der Waals surface area contributed by atoms with Gasteiger partial charge >= 0.3 is 0 Å². The average molecular weight is 238 g/mol. The molecule has 2 N–H and O–H groups in total. The fraction of sp³-hybridized carbons (Fsp3) is 0.857. The van der Waals surface area contributed by atoms with E-state index in [0.717, 1.165) is 31.6 Å². The van der Waals surface area contributed by atoms with Gasteiger partial charge in [0, 0.05) is 12.0 Å². The average Bonchev–Trinajstić information content (AvgIpc) is 3.04. The summed E-state index contributed by atoms with van der Waals surface area (Å²) in [4.78, 5) is 2.60. The van der Waals surface area contributed by atoms with Gasteiger partial charge in [-0.15, -0.1) is 0 Å². The lowest BCUT2D eigenvalue weighted by molar-refractivity contribution is 0.0653. The Kier molecular flexibility index (Phi) is 4.10. The molecule has 0 aromatic heterocycles. The van der Waals surface area contributed by atoms with E-state index in [1.807, 2.05) is 0 Å². The molecule has 2 heterocycles. The molecule has 1 saturated heterocycles. The summed E-state index contributed by atoms with van der Waals surface area (Å²) in [6.07, 6.45) is 8.03. The molecule has 0 radical (unpaired) electrons. The summed E-state index contributed by atoms with van der Waals surface area (Å²) < 4.78 is 5.69. The van der Waals surface area contributed by atoms with Crippen molar-refractivity contribution in [2.75, 3.05) is 19.7 Å². The fourth-order valence-corrected chi connectivity index (χ4v) is 3.41. The fourth-order valence-electron chi connectivity index (χ4n) is 3.41. The van der Waals surface area contributed by atoms with Crippen LogP contribution in [0.25, 0.3) is 0 Å². The van der Waals surface area contributed by atoms with Crippen LogP contribution in [-0.2, 0) is 4.74 Å². The summed E-state index contributed by atoms with van der Waals surface area (Å²) in [5, 5.41) is 0. The highest BCUT2D eigenvalue weighted by Gasteiger charge is 2.42. The van der Waals surface area contributed by atoms with Crippen LogP contribution < -0.4 is 5.73 Å². The Morgan fingerprint density at radius 1 is 1.35 bits per heavy atom. The van der Waals surface area contributed by atoms with Crippen LogP contribution in [0, 0.1) is 0 Å². The maximum Gasteiger partial charge on any atom is 0.111 e. The van der Waals surface area contributed by atoms with Crippen molar-refractivity contribution in [3.63, 3.8) is 0 Å². The van der Waals surface area contributed by atoms with Gasteiger partial charge in [-0.1, -0.05) is 13.8 Å². The van der Waals surface area contributed by atoms with Gasteiger partial charge < -0.3 is 10.5 Å². The van der Waals surface area contributed by atoms with Crippen molar-refractivity contribution in [3.8, 4) is 0 Å². The Morgan fingerprint density at radius 3 is 2.47 bits per heavy atom. The van der Waals surface area contributed by atoms with Crippen LogP contribution in [0.4, 0.5) is 0 Å². The quantitative estimate of drug-likeness (QED) is 0.798. The molecular formula is C14H26N2O. The third kappa shape index (κ3) is 2.23. The lowest BCUT2D eigenvalue weighted by atomic mass is 9.82. The van der Waals surface area contributed by atoms with Gasteiger partial charge in [0.1, 0.15) is 5.76 Å². The molecule has 0 saturated carbocycles. The number of likely N-dealkylation sites (tertiary alicyclic amines) is 1. The Morgan fingerprint density at radius 2 is 2.00 bits per heavy atom. The zero-order valence-corrected chi connectivity index (χ0v) is 11.2. The summed E-state index contributed by atoms with van der Waals surface area (Å²) in [7, 11) is 0. The molecule has 2 aliphatic heterocycles. The first kappa shape index (κ1) is 12.9. The van der Waals surface area contributed by atoms with E-state index in [1.54, 1.807) is 0 Å². The highest BCUT2D eigenvalue weighted by Crippen LogP contribution is 2.34. The van der Waals surface area contributed by atoms with Crippen molar-refractivity contribution in [1.82, 2.24) is 4.90 Å². The molecule has 3 nitrogen and oxygen atoms in total. The second-order valence-electron chi connectivity index (χ2n) is 5.23. The molecule has 1 fully saturated rings. The predicted octanol–water partition coefficient (Wildman–Crippen LogP) is 2.27. The Balaban J connectivity index is 2.19. The first-order chi connectivity index (χ1) is 8.24. The SMILES string of the molecule is CCC(CC)(C(N)C1=CCCO1)N1CCCC1. The zero-order valence-electron chi connectivity index (χ0n) is 11.2. The topological polar surface area (TPSA) is 38.5 Å². The molecule has 0 spiro atoms. The Labute approximate surface area is 105 Å². The normalized spacial score (nSPS) is 23.6. The van der Waals surface area contributed by atoms with Crippen LogP contribution in [0.3, 0.4) is 0 Å². The van der Waals surface area contributed by atoms with Crippen molar-refractivity contribution in [2.24, 2.45) is 5.73 Å². The van der Waals surface area contributed by atoms with Crippen LogP contribution in [0.5, 0.6) is 0 Å². The number of nitrogens with two attached hydrogens (primary N) is 1. The van der Waals surface area contributed by atoms with E-state index in [0.29, 0.717) is 0 Å². The minimum atomic E-state index is 0.0399. The van der Waals surface area contributed by atoms with E-state index in [9.17, 15) is 0 Å². The maximum absolute atomic E-state index is 6.52. The van der Waals surface area contributed by atoms with Crippen LogP contribution >= 0.6 is 0 Å². The van der Waals surface area contributed by atoms with Gasteiger partial charge in [-0.2, -0.15) is 0 Å². The lowest BCUT2D eigenvalue weighted by Gasteiger charge is -2.45. The molecule has 1 atom stereocenters. The molecule has 0 aromatic carbocycles. The smallest absolute Gasteiger partial charge is 0.111 e. The second kappa shape index (κ2) is 5.40. The third-order valence-electron chi connectivity index (χ3n) is 4.58. The van der Waals surface area contributed by atoms with Gasteiger partial charge in [0.25, 0.3) is 0 Å². The minimum absolute atomic E-state index is 0.0399. The van der Waals surface area contributed by atoms with Gasteiger partial charge in [0.2, 0.25) is 0 Å². The van der Waals surface area contributed by atoms with E-state index < -0.39 is 0 Å². The molecule has 0 amide bonds. The van der Waals surface area contributed by atoms with E-state index in [2.05, 4.69) is 24.8 Å². The van der Waals surface area contributed by atoms with Crippen molar-refractivity contribution >= 4 is 0 Å². The monoisotopic (exact) mass is 238 g/mol. The molecule has 98 valence electrons. The van der Waals surface area contributed by atoms with Gasteiger partial charge in [-0.3, -0.25) is 4.90 Å². The minimum Gasteiger partial charge on any atom is -0.496 e. The summed E-state index contributed by atoms with van der Waals surface area (Å²) in [5.41, 5.74) is 6.63. The van der Waals surface area contributed by atoms with Crippen LogP contribution in [0.1, 0.15) is 46.0 Å². The Bertz CT molecular complexity index is 278. The first-order valence-electron chi connectivity index (χ1n) is 7.08. The number of rotatable bonds is 5. The largest absolute Gasteiger partial charge is 0.496 e. The molecule has 1 unspecified atom stereocenters. The van der Waals surface area contributed by atoms with Crippen molar-refractivity contribution in [3.05, 3.63) is 11.8 Å². The van der Waals surface area contributed by atoms with Crippen molar-refractivity contribution in [1.29, 1.82) is 0 Å². The van der Waals surface area contributed by atoms with E-state index in [4.69, 9.17) is 10.5 Å². The number of hydrogen-bond donors (Lipinski definition) is 1. The first-order valence-corrected chi connectivity index (χ1v) is 7.08. The summed E-state index contributed by atoms with van der Waals surface area (Å²) >= 11 is 0. The molecule has 2 aliphatic rings. The summed E-state index contributed by atoms with van der Waals surface area (Å²) in [6, 6.07) is 0.0399. The van der Waals surface area contributed by atoms with Crippen molar-refractivity contribution < 1.29 is 4.74 Å². The van der Waals surface area contributed by atoms with Gasteiger partial charge in [-0.25, -0.2) is 0 Å². The Hall–Kier alpha value is -0.540. The standard InChI is InChI=1S/C14H26N2O/c1-3-14(4-2,16-9-5-6-10-16)13(15)12-8-7-11-17-12/h8,13H,3-7,9-11,15H2,1-2H3. The molecule has 0 bridgehead atoms. The van der Waals surface area contributed by atoms with Crippen LogP contribution in [0.2, 0.25) is 0 Å². The number of hydrogen-bond acceptors (Lipinski definition) is 3. The van der Waals surface area contributed by atoms with E-state index >= 15 is 0 Å². The molecule has 3 heteroatoms. The lowest BCUT2D eigenvalue weighted by Crippen LogP contribution is -2.59.